The standard InChI is InChI=1S/C88H99Cl2N9O33/c1-33(2)8-6-4-5-7-9-60(108)94-68-74(113)71(110)58(31-101)129-87(68)132-78-55-25-40-26-56(78)126-52-17-13-38(23-47(52)90)77(131-86-67(92-34(3)103)73(112)70(109)57(30-100)128-86)69-84(121)98-66(85(122)123)45-28-42(105)29-54(127-88-76(115)75(114)72(111)59(32-102)130-88)61(45)44-22-37(12-14-49(44)106)63(81(118)99-69)96-83(120)65(40)97-82(119)64-39-20-41(104)27-43(21-39)124-53-24-36(11-15-50(53)107)62(91)80(117)93-48(79(116)95-64)19-35-10-16-51(125-55)46(89)18-35/h10-18,20-29,33,48,57-59,62-77,79,86-88,95,100-102,104-107,109-116H,4-9,19,30-32,91H2,1-3H3,(H,92,103)(H,93,117)(H,94,108)(H,96,120)(H,97,119)(H,98,121)(H,99,118)(H,122,123)/t48-,57-,58-,59-,62+,63-,64+,65-,66+,67-,68-,69+,70-,71-,72-,73-,74-,75+,76+,77-,79?,86+,87+,88+/m1/s1. The number of carbonyl (C=O) groups is 8. The average Bonchev–Trinajstić information content (AvgIpc) is 0.748. The van der Waals surface area contributed by atoms with E-state index in [4.69, 9.17) is 71.6 Å². The minimum absolute atomic E-state index is 0.0564. The monoisotopic (exact) mass is 1880 g/mol. The van der Waals surface area contributed by atoms with Crippen LogP contribution in [0.1, 0.15) is 135 Å². The van der Waals surface area contributed by atoms with Gasteiger partial charge >= 0.3 is 5.97 Å². The maximum absolute atomic E-state index is 17.0. The molecule has 7 amide bonds. The van der Waals surface area contributed by atoms with Crippen LogP contribution in [-0.4, -0.2) is 259 Å². The number of rotatable bonds is 19. The normalized spacial score (nSPS) is 29.5. The molecule has 0 aliphatic carbocycles. The summed E-state index contributed by atoms with van der Waals surface area (Å²) in [7, 11) is 0. The van der Waals surface area contributed by atoms with Crippen molar-refractivity contribution in [2.24, 2.45) is 11.7 Å². The van der Waals surface area contributed by atoms with Crippen molar-refractivity contribution in [3.8, 4) is 80.1 Å². The maximum atomic E-state index is 17.0. The van der Waals surface area contributed by atoms with Crippen molar-refractivity contribution in [2.45, 2.75) is 212 Å². The highest BCUT2D eigenvalue weighted by Gasteiger charge is 2.52. The van der Waals surface area contributed by atoms with E-state index in [9.17, 15) is 101 Å². The number of hydrogen-bond acceptors (Lipinski definition) is 34. The number of ether oxygens (including phenoxy) is 9. The van der Waals surface area contributed by atoms with Gasteiger partial charge < -0.3 is 167 Å². The molecule has 3 fully saturated rings. The molecule has 0 radical (unpaired) electrons. The number of halogens is 2. The smallest absolute Gasteiger partial charge is 0.330 e. The quantitative estimate of drug-likeness (QED) is 0.0498. The summed E-state index contributed by atoms with van der Waals surface area (Å²) >= 11 is 14.8. The van der Waals surface area contributed by atoms with E-state index in [0.717, 1.165) is 111 Å². The molecule has 0 spiro atoms. The minimum Gasteiger partial charge on any atom is -0.508 e. The molecule has 16 rings (SSSR count). The zero-order valence-corrected chi connectivity index (χ0v) is 71.9. The van der Waals surface area contributed by atoms with Gasteiger partial charge in [-0.25, -0.2) is 4.79 Å². The summed E-state index contributed by atoms with van der Waals surface area (Å²) in [6.07, 6.45) is -27.8. The predicted molar refractivity (Wildman–Crippen MR) is 454 cm³/mol. The number of aliphatic hydroxyl groups is 11. The van der Waals surface area contributed by atoms with E-state index in [1.165, 1.54) is 30.3 Å². The Morgan fingerprint density at radius 3 is 1.73 bits per heavy atom. The van der Waals surface area contributed by atoms with Gasteiger partial charge in [0, 0.05) is 42.2 Å². The highest BCUT2D eigenvalue weighted by atomic mass is 35.5. The number of phenols is 4. The summed E-state index contributed by atoms with van der Waals surface area (Å²) in [5.41, 5.74) is 3.03. The van der Waals surface area contributed by atoms with Gasteiger partial charge in [-0.3, -0.25) is 38.9 Å². The van der Waals surface area contributed by atoms with E-state index in [1.54, 1.807) is 0 Å². The van der Waals surface area contributed by atoms with Gasteiger partial charge in [-0.1, -0.05) is 87.0 Å². The Hall–Kier alpha value is -11.6. The fourth-order valence-corrected chi connectivity index (χ4v) is 17.1. The first-order valence-corrected chi connectivity index (χ1v) is 42.8. The number of carbonyl (C=O) groups excluding carboxylic acids is 7. The van der Waals surface area contributed by atoms with Crippen molar-refractivity contribution < 1.29 is 163 Å². The van der Waals surface area contributed by atoms with E-state index < -0.39 is 310 Å². The van der Waals surface area contributed by atoms with Crippen molar-refractivity contribution in [1.29, 1.82) is 0 Å². The molecule has 26 N–H and O–H groups in total. The van der Waals surface area contributed by atoms with Crippen LogP contribution < -0.4 is 72.0 Å². The molecule has 0 aromatic heterocycles. The van der Waals surface area contributed by atoms with Gasteiger partial charge in [0.2, 0.25) is 59.7 Å². The zero-order valence-electron chi connectivity index (χ0n) is 70.4. The number of phenolic OH excluding ortho intramolecular Hbond substituents is 4. The van der Waals surface area contributed by atoms with Crippen LogP contribution in [0, 0.1) is 5.92 Å². The lowest BCUT2D eigenvalue weighted by Gasteiger charge is -2.44. The second kappa shape index (κ2) is 40.9. The average molecular weight is 1880 g/mol. The van der Waals surface area contributed by atoms with E-state index in [-0.39, 0.29) is 45.4 Å². The number of nitrogens with two attached hydrogens (primary N) is 1. The van der Waals surface area contributed by atoms with Gasteiger partial charge in [0.25, 0.3) is 0 Å². The number of benzene rings is 7. The topological polar surface area (TPSA) is 666 Å². The molecule has 9 aliphatic heterocycles. The molecular formula is C88H99Cl2N9O33. The number of carboxylic acids is 1. The number of amides is 7. The summed E-state index contributed by atoms with van der Waals surface area (Å²) in [6.45, 7) is 1.99. The summed E-state index contributed by atoms with van der Waals surface area (Å²) in [6, 6.07) is 1.44. The molecule has 7 aromatic rings. The van der Waals surface area contributed by atoms with Crippen LogP contribution in [0.25, 0.3) is 11.1 Å². The molecule has 3 saturated heterocycles. The largest absolute Gasteiger partial charge is 0.508 e. The second-order valence-corrected chi connectivity index (χ2v) is 34.2. The molecule has 1 unspecified atom stereocenters. The van der Waals surface area contributed by atoms with Gasteiger partial charge in [-0.15, -0.1) is 0 Å². The highest BCUT2D eigenvalue weighted by molar-refractivity contribution is 6.32. The SMILES string of the molecule is CC(=O)N[C@H]1[C@H](O[C@@H]2c3ccc(c(Cl)c3)Oc3cc4cc(c3O[C@@H]3O[C@H](CO)[C@@H](O)[C@H](O)[C@H]3NC(=O)CCCCCCC(C)C)Oc3ccc(cc3Cl)C[C@H]3NC(=O)[C@@H](N)c5ccc(O)c(c5)Oc5cc(O)cc(c5)[C@H](NC3O)C(=O)N[C@H]4C(=O)N[C@H]3C(=O)N[C@@H]2C(=O)N[C@H](C(=O)O)c2cc(O)cc(O[C@H]4O[C@H](CO)[C@@H](O)[C@H](O)[C@@H]4O)c2-c2cc3ccc2O)O[C@H](CO)[C@@H](O)[C@@H]1O. The van der Waals surface area contributed by atoms with Gasteiger partial charge in [0.15, 0.2) is 35.3 Å². The van der Waals surface area contributed by atoms with Crippen LogP contribution in [0.3, 0.4) is 0 Å². The van der Waals surface area contributed by atoms with E-state index >= 15 is 19.2 Å². The maximum Gasteiger partial charge on any atom is 0.330 e. The second-order valence-electron chi connectivity index (χ2n) is 33.3. The van der Waals surface area contributed by atoms with Crippen molar-refractivity contribution in [3.05, 3.63) is 164 Å². The molecular weight excluding hydrogens is 1780 g/mol. The van der Waals surface area contributed by atoms with Crippen LogP contribution in [0.15, 0.2) is 115 Å². The van der Waals surface area contributed by atoms with E-state index in [1.807, 2.05) is 0 Å². The molecule has 9 heterocycles. The minimum atomic E-state index is -2.58. The number of fused-ring (bicyclic) bond motifs is 14. The van der Waals surface area contributed by atoms with Crippen molar-refractivity contribution in [3.63, 3.8) is 0 Å². The van der Waals surface area contributed by atoms with E-state index in [2.05, 4.69) is 56.4 Å². The Morgan fingerprint density at radius 2 is 1.08 bits per heavy atom. The van der Waals surface area contributed by atoms with Crippen molar-refractivity contribution in [2.75, 3.05) is 19.8 Å². The van der Waals surface area contributed by atoms with Gasteiger partial charge in [-0.2, -0.15) is 0 Å². The summed E-state index contributed by atoms with van der Waals surface area (Å²) in [4.78, 5) is 123. The van der Waals surface area contributed by atoms with Crippen molar-refractivity contribution in [1.82, 2.24) is 42.5 Å². The number of unbranched alkanes of at least 4 members (excludes halogenated alkanes) is 3. The Bertz CT molecular complexity index is 5510. The molecule has 7 aromatic carbocycles. The van der Waals surface area contributed by atoms with Crippen molar-refractivity contribution >= 4 is 70.5 Å². The van der Waals surface area contributed by atoms with Gasteiger partial charge in [0.05, 0.1) is 35.9 Å². The number of aromatic hydroxyl groups is 4. The van der Waals surface area contributed by atoms with Gasteiger partial charge in [-0.05, 0) is 131 Å². The summed E-state index contributed by atoms with van der Waals surface area (Å²) < 4.78 is 57.5. The van der Waals surface area contributed by atoms with Crippen LogP contribution in [0.4, 0.5) is 0 Å². The predicted octanol–water partition coefficient (Wildman–Crippen LogP) is 0.811. The third-order valence-electron chi connectivity index (χ3n) is 23.5. The Morgan fingerprint density at radius 1 is 0.515 bits per heavy atom. The number of nitrogens with one attached hydrogen (secondary N) is 8. The molecule has 708 valence electrons. The molecule has 24 atom stereocenters. The van der Waals surface area contributed by atoms with Crippen LogP contribution in [0.2, 0.25) is 10.0 Å². The first-order chi connectivity index (χ1) is 62.9. The Kier molecular flexibility index (Phi) is 29.9. The molecule has 17 bridgehead atoms. The first-order valence-electron chi connectivity index (χ1n) is 42.1. The Labute approximate surface area is 760 Å². The zero-order chi connectivity index (χ0) is 94.9. The lowest BCUT2D eigenvalue weighted by Crippen LogP contribution is -2.65. The van der Waals surface area contributed by atoms with Crippen LogP contribution in [-0.2, 0) is 63.7 Å². The number of aliphatic hydroxyl groups excluding tert-OH is 11. The Balaban J connectivity index is 1.04. The van der Waals surface area contributed by atoms with E-state index in [0.29, 0.717) is 18.8 Å². The third-order valence-corrected chi connectivity index (χ3v) is 24.1. The molecule has 42 nitrogen and oxygen atoms in total. The number of hydrogen-bond donors (Lipinski definition) is 25. The fraction of sp³-hybridized carbons (Fsp3) is 0.432. The lowest BCUT2D eigenvalue weighted by atomic mass is 9.89. The van der Waals surface area contributed by atoms with Crippen LogP contribution >= 0.6 is 23.2 Å². The third kappa shape index (κ3) is 20.9. The fourth-order valence-electron chi connectivity index (χ4n) is 16.6. The molecule has 132 heavy (non-hydrogen) atoms. The number of aliphatic carboxylic acids is 1. The number of carboxylic acid groups (broad SMARTS) is 1. The van der Waals surface area contributed by atoms with Gasteiger partial charge in [0.1, 0.15) is 156 Å². The summed E-state index contributed by atoms with van der Waals surface area (Å²) in [5.74, 6) is -17.6. The molecule has 0 saturated carbocycles. The molecule has 44 heteroatoms. The van der Waals surface area contributed by atoms with Crippen LogP contribution in [0.5, 0.6) is 69.0 Å². The summed E-state index contributed by atoms with van der Waals surface area (Å²) in [5, 5.41) is 204. The molecule has 9 aliphatic rings. The highest BCUT2D eigenvalue weighted by Crippen LogP contribution is 2.51. The first kappa shape index (κ1) is 96.5. The lowest BCUT2D eigenvalue weighted by molar-refractivity contribution is -0.284.